The topological polar surface area (TPSA) is 82.2 Å². The van der Waals surface area contributed by atoms with Crippen molar-refractivity contribution < 1.29 is 4.79 Å². The van der Waals surface area contributed by atoms with E-state index in [1.165, 1.54) is 17.7 Å². The van der Waals surface area contributed by atoms with E-state index < -0.39 is 0 Å². The van der Waals surface area contributed by atoms with Crippen molar-refractivity contribution in [3.63, 3.8) is 0 Å². The average molecular weight is 299 g/mol. The first-order valence-corrected chi connectivity index (χ1v) is 7.18. The van der Waals surface area contributed by atoms with Crippen LogP contribution in [0.2, 0.25) is 0 Å². The van der Waals surface area contributed by atoms with Crippen LogP contribution in [-0.4, -0.2) is 57.1 Å². The molecule has 1 saturated heterocycles. The van der Waals surface area contributed by atoms with Gasteiger partial charge in [-0.1, -0.05) is 6.07 Å². The molecule has 0 spiro atoms. The van der Waals surface area contributed by atoms with Crippen LogP contribution in [0.15, 0.2) is 41.5 Å². The zero-order chi connectivity index (χ0) is 15.4. The van der Waals surface area contributed by atoms with Crippen LogP contribution in [0.4, 0.5) is 0 Å². The zero-order valence-electron chi connectivity index (χ0n) is 12.1. The Balaban J connectivity index is 1.56. The lowest BCUT2D eigenvalue weighted by atomic mass is 10.2. The van der Waals surface area contributed by atoms with Gasteiger partial charge in [0.05, 0.1) is 0 Å². The van der Waals surface area contributed by atoms with Crippen LogP contribution in [0.5, 0.6) is 0 Å². The summed E-state index contributed by atoms with van der Waals surface area (Å²) in [4.78, 5) is 31.4. The lowest BCUT2D eigenvalue weighted by molar-refractivity contribution is 0.0621. The van der Waals surface area contributed by atoms with Crippen molar-refractivity contribution in [1.82, 2.24) is 25.0 Å². The number of amides is 1. The third-order valence-corrected chi connectivity index (χ3v) is 3.69. The second kappa shape index (κ2) is 6.48. The molecule has 1 fully saturated rings. The minimum absolute atomic E-state index is 0.141. The molecule has 2 aromatic heterocycles. The molecule has 1 aliphatic heterocycles. The van der Waals surface area contributed by atoms with Crippen molar-refractivity contribution in [3.05, 3.63) is 58.3 Å². The Labute approximate surface area is 127 Å². The highest BCUT2D eigenvalue weighted by Crippen LogP contribution is 2.09. The van der Waals surface area contributed by atoms with E-state index >= 15 is 0 Å². The van der Waals surface area contributed by atoms with Crippen molar-refractivity contribution in [2.75, 3.05) is 26.2 Å². The Kier molecular flexibility index (Phi) is 4.24. The Bertz CT molecular complexity index is 672. The van der Waals surface area contributed by atoms with Gasteiger partial charge in [-0.3, -0.25) is 19.5 Å². The first kappa shape index (κ1) is 14.4. The largest absolute Gasteiger partial charge is 0.335 e. The molecule has 2 aromatic rings. The normalized spacial score (nSPS) is 15.7. The van der Waals surface area contributed by atoms with Crippen LogP contribution < -0.4 is 5.56 Å². The average Bonchev–Trinajstić information content (AvgIpc) is 2.57. The van der Waals surface area contributed by atoms with Crippen molar-refractivity contribution in [1.29, 1.82) is 0 Å². The second-order valence-electron chi connectivity index (χ2n) is 5.24. The summed E-state index contributed by atoms with van der Waals surface area (Å²) in [5, 5.41) is 6.08. The molecule has 7 nitrogen and oxygen atoms in total. The van der Waals surface area contributed by atoms with Crippen molar-refractivity contribution in [2.24, 2.45) is 0 Å². The number of piperazine rings is 1. The van der Waals surface area contributed by atoms with E-state index in [1.54, 1.807) is 11.1 Å². The maximum absolute atomic E-state index is 12.3. The number of carbonyl (C=O) groups excluding carboxylic acids is 1. The smallest absolute Gasteiger partial charge is 0.274 e. The summed E-state index contributed by atoms with van der Waals surface area (Å²) < 4.78 is 0. The molecule has 3 heterocycles. The van der Waals surface area contributed by atoms with Gasteiger partial charge in [-0.25, -0.2) is 5.10 Å². The van der Waals surface area contributed by atoms with E-state index in [0.717, 1.165) is 19.6 Å². The zero-order valence-corrected chi connectivity index (χ0v) is 12.1. The number of hydrogen-bond acceptors (Lipinski definition) is 5. The number of H-pyrrole nitrogens is 1. The molecule has 1 aliphatic rings. The summed E-state index contributed by atoms with van der Waals surface area (Å²) in [5.74, 6) is -0.141. The van der Waals surface area contributed by atoms with Gasteiger partial charge in [0.1, 0.15) is 5.69 Å². The molecule has 0 aromatic carbocycles. The molecule has 7 heteroatoms. The highest BCUT2D eigenvalue weighted by molar-refractivity contribution is 5.92. The van der Waals surface area contributed by atoms with Crippen LogP contribution in [0, 0.1) is 0 Å². The van der Waals surface area contributed by atoms with Gasteiger partial charge in [0, 0.05) is 51.2 Å². The summed E-state index contributed by atoms with van der Waals surface area (Å²) in [5.41, 5.74) is 1.14. The fourth-order valence-electron chi connectivity index (χ4n) is 2.48. The minimum Gasteiger partial charge on any atom is -0.335 e. The SMILES string of the molecule is O=C(c1ccc(=O)[nH]n1)N1CCN(Cc2cccnc2)CC1. The number of pyridine rings is 1. The maximum Gasteiger partial charge on any atom is 0.274 e. The molecule has 3 rings (SSSR count). The number of carbonyl (C=O) groups is 1. The van der Waals surface area contributed by atoms with Gasteiger partial charge in [-0.15, -0.1) is 0 Å². The monoisotopic (exact) mass is 299 g/mol. The number of rotatable bonds is 3. The number of aromatic nitrogens is 3. The Hall–Kier alpha value is -2.54. The molecule has 0 bridgehead atoms. The molecule has 1 amide bonds. The van der Waals surface area contributed by atoms with Gasteiger partial charge < -0.3 is 4.90 Å². The fraction of sp³-hybridized carbons (Fsp3) is 0.333. The first-order chi connectivity index (χ1) is 10.7. The summed E-state index contributed by atoms with van der Waals surface area (Å²) >= 11 is 0. The van der Waals surface area contributed by atoms with E-state index in [-0.39, 0.29) is 17.2 Å². The lowest BCUT2D eigenvalue weighted by Gasteiger charge is -2.34. The minimum atomic E-state index is -0.308. The van der Waals surface area contributed by atoms with E-state index in [1.807, 2.05) is 12.3 Å². The van der Waals surface area contributed by atoms with Crippen LogP contribution >= 0.6 is 0 Å². The lowest BCUT2D eigenvalue weighted by Crippen LogP contribution is -2.48. The number of aromatic amines is 1. The molecule has 114 valence electrons. The number of nitrogens with one attached hydrogen (secondary N) is 1. The van der Waals surface area contributed by atoms with Gasteiger partial charge in [-0.2, -0.15) is 5.10 Å². The van der Waals surface area contributed by atoms with E-state index in [4.69, 9.17) is 0 Å². The standard InChI is InChI=1S/C15H17N5O2/c21-14-4-3-13(17-18-14)15(22)20-8-6-19(7-9-20)11-12-2-1-5-16-10-12/h1-5,10H,6-9,11H2,(H,18,21). The molecule has 1 N–H and O–H groups in total. The maximum atomic E-state index is 12.3. The third-order valence-electron chi connectivity index (χ3n) is 3.69. The summed E-state index contributed by atoms with van der Waals surface area (Å²) in [6, 6.07) is 6.76. The Morgan fingerprint density at radius 3 is 2.64 bits per heavy atom. The molecule has 0 saturated carbocycles. The van der Waals surface area contributed by atoms with Gasteiger partial charge in [0.2, 0.25) is 0 Å². The summed E-state index contributed by atoms with van der Waals surface area (Å²) in [6.07, 6.45) is 3.62. The molecular weight excluding hydrogens is 282 g/mol. The fourth-order valence-corrected chi connectivity index (χ4v) is 2.48. The van der Waals surface area contributed by atoms with Gasteiger partial charge in [0.25, 0.3) is 11.5 Å². The third kappa shape index (κ3) is 3.37. The van der Waals surface area contributed by atoms with E-state index in [2.05, 4.69) is 26.1 Å². The molecule has 0 radical (unpaired) electrons. The van der Waals surface area contributed by atoms with Crippen molar-refractivity contribution in [3.8, 4) is 0 Å². The Morgan fingerprint density at radius 1 is 1.18 bits per heavy atom. The van der Waals surface area contributed by atoms with Crippen molar-refractivity contribution in [2.45, 2.75) is 6.54 Å². The van der Waals surface area contributed by atoms with E-state index in [0.29, 0.717) is 13.1 Å². The molecule has 0 unspecified atom stereocenters. The van der Waals surface area contributed by atoms with Crippen molar-refractivity contribution >= 4 is 5.91 Å². The molecular formula is C15H17N5O2. The molecule has 0 atom stereocenters. The summed E-state index contributed by atoms with van der Waals surface area (Å²) in [7, 11) is 0. The number of hydrogen-bond donors (Lipinski definition) is 1. The quantitative estimate of drug-likeness (QED) is 0.870. The molecule has 0 aliphatic carbocycles. The van der Waals surface area contributed by atoms with E-state index in [9.17, 15) is 9.59 Å². The van der Waals surface area contributed by atoms with Crippen LogP contribution in [-0.2, 0) is 6.54 Å². The highest BCUT2D eigenvalue weighted by Gasteiger charge is 2.23. The summed E-state index contributed by atoms with van der Waals surface area (Å²) in [6.45, 7) is 3.76. The predicted molar refractivity (Wildman–Crippen MR) is 80.3 cm³/mol. The number of nitrogens with zero attached hydrogens (tertiary/aromatic N) is 4. The van der Waals surface area contributed by atoms with Crippen LogP contribution in [0.1, 0.15) is 16.1 Å². The Morgan fingerprint density at radius 2 is 2.00 bits per heavy atom. The predicted octanol–water partition coefficient (Wildman–Crippen LogP) is 0.123. The highest BCUT2D eigenvalue weighted by atomic mass is 16.2. The molecule has 22 heavy (non-hydrogen) atoms. The van der Waals surface area contributed by atoms with Gasteiger partial charge in [0.15, 0.2) is 0 Å². The van der Waals surface area contributed by atoms with Gasteiger partial charge in [-0.05, 0) is 17.7 Å². The second-order valence-corrected chi connectivity index (χ2v) is 5.24. The van der Waals surface area contributed by atoms with Crippen LogP contribution in [0.25, 0.3) is 0 Å². The van der Waals surface area contributed by atoms with Gasteiger partial charge >= 0.3 is 0 Å². The first-order valence-electron chi connectivity index (χ1n) is 7.18. The van der Waals surface area contributed by atoms with Crippen LogP contribution in [0.3, 0.4) is 0 Å².